The standard InChI is InChI=1S/C41H40O3S3/c1-40(42)39-24-29(22-32-11-3-4-15-36(32)39)26-47-46-25-28-19-20-31-13-9-18-38(37(31)23-28)41(2,43)45-27-33-14-8-16-34-30(10-5-6-21-44-40)12-7-17-35(33)34/h3-4,7-9,11-20,22-24,42-43H,5-6,10,21,25-27H2,1-2H3/t40?,41-/m0/s1. The van der Waals surface area contributed by atoms with Gasteiger partial charge >= 0.3 is 0 Å². The molecule has 0 fully saturated rings. The van der Waals surface area contributed by atoms with Crippen LogP contribution < -0.4 is 0 Å². The van der Waals surface area contributed by atoms with Crippen molar-refractivity contribution in [3.05, 3.63) is 143 Å². The third kappa shape index (κ3) is 7.10. The molecule has 1 aliphatic heterocycles. The second-order valence-corrected chi connectivity index (χ2v) is 16.6. The Bertz CT molecular complexity index is 2050. The molecule has 0 saturated carbocycles. The number of hydrogen-bond acceptors (Lipinski definition) is 6. The van der Waals surface area contributed by atoms with Gasteiger partial charge in [-0.1, -0.05) is 119 Å². The lowest BCUT2D eigenvalue weighted by Gasteiger charge is -2.27. The van der Waals surface area contributed by atoms with Gasteiger partial charge in [0.1, 0.15) is 4.93 Å². The van der Waals surface area contributed by atoms with Gasteiger partial charge in [-0.15, -0.1) is 11.8 Å². The van der Waals surface area contributed by atoms with Gasteiger partial charge < -0.3 is 14.9 Å². The SMILES string of the molecule is CC1(O)OCCCCc2cccc3c(cccc23)CS[C@](C)(O)c2cccc3ccc(cc23)CSSCc2cc1c1ccccc1c2. The summed E-state index contributed by atoms with van der Waals surface area (Å²) in [5.74, 6) is 0.976. The van der Waals surface area contributed by atoms with Crippen molar-refractivity contribution in [1.82, 2.24) is 0 Å². The topological polar surface area (TPSA) is 49.7 Å². The molecule has 3 nitrogen and oxygen atoms in total. The third-order valence-corrected chi connectivity index (χ3v) is 12.8. The fraction of sp³-hybridized carbons (Fsp3) is 0.268. The van der Waals surface area contributed by atoms with Crippen LogP contribution in [0, 0.1) is 0 Å². The van der Waals surface area contributed by atoms with Crippen molar-refractivity contribution in [3.8, 4) is 0 Å². The lowest BCUT2D eigenvalue weighted by molar-refractivity contribution is -0.198. The summed E-state index contributed by atoms with van der Waals surface area (Å²) in [5.41, 5.74) is 6.71. The number of rotatable bonds is 0. The van der Waals surface area contributed by atoms with E-state index in [9.17, 15) is 10.2 Å². The maximum atomic E-state index is 11.9. The van der Waals surface area contributed by atoms with Crippen molar-refractivity contribution in [2.75, 3.05) is 6.61 Å². The number of aryl methyl sites for hydroxylation is 1. The van der Waals surface area contributed by atoms with Crippen LogP contribution in [0.2, 0.25) is 0 Å². The molecule has 2 N–H and O–H groups in total. The van der Waals surface area contributed by atoms with E-state index in [0.29, 0.717) is 12.4 Å². The predicted octanol–water partition coefficient (Wildman–Crippen LogP) is 10.8. The molecule has 8 bridgehead atoms. The zero-order valence-corrected chi connectivity index (χ0v) is 29.3. The Kier molecular flexibility index (Phi) is 9.61. The predicted molar refractivity (Wildman–Crippen MR) is 204 cm³/mol. The molecule has 1 heterocycles. The smallest absolute Gasteiger partial charge is 0.189 e. The molecule has 0 saturated heterocycles. The van der Waals surface area contributed by atoms with Gasteiger partial charge in [-0.05, 0) is 99.8 Å². The van der Waals surface area contributed by atoms with Gasteiger partial charge in [0.25, 0.3) is 0 Å². The molecule has 1 aliphatic rings. The molecule has 1 unspecified atom stereocenters. The largest absolute Gasteiger partial charge is 0.376 e. The molecule has 240 valence electrons. The van der Waals surface area contributed by atoms with Crippen LogP contribution in [0.1, 0.15) is 60.1 Å². The maximum Gasteiger partial charge on any atom is 0.189 e. The maximum absolute atomic E-state index is 11.9. The Morgan fingerprint density at radius 2 is 1.28 bits per heavy atom. The van der Waals surface area contributed by atoms with Crippen molar-refractivity contribution in [1.29, 1.82) is 0 Å². The Morgan fingerprint density at radius 3 is 2.13 bits per heavy atom. The molecule has 7 rings (SSSR count). The van der Waals surface area contributed by atoms with Crippen molar-refractivity contribution in [2.45, 2.75) is 61.1 Å². The highest BCUT2D eigenvalue weighted by molar-refractivity contribution is 8.76. The van der Waals surface area contributed by atoms with Gasteiger partial charge in [0.05, 0.1) is 6.61 Å². The Labute approximate surface area is 289 Å². The monoisotopic (exact) mass is 676 g/mol. The number of benzene rings is 6. The number of ether oxygens (including phenoxy) is 1. The van der Waals surface area contributed by atoms with Gasteiger partial charge in [0, 0.05) is 28.4 Å². The molecule has 0 spiro atoms. The minimum Gasteiger partial charge on any atom is -0.376 e. The lowest BCUT2D eigenvalue weighted by atomic mass is 9.96. The van der Waals surface area contributed by atoms with Gasteiger partial charge in [-0.25, -0.2) is 0 Å². The first kappa shape index (κ1) is 32.6. The minimum absolute atomic E-state index is 0.476. The summed E-state index contributed by atoms with van der Waals surface area (Å²) in [6.07, 6.45) is 2.74. The molecule has 0 amide bonds. The Balaban J connectivity index is 1.24. The summed E-state index contributed by atoms with van der Waals surface area (Å²) in [5, 5.41) is 30.4. The molecule has 0 aliphatic carbocycles. The van der Waals surface area contributed by atoms with Gasteiger partial charge in [-0.3, -0.25) is 0 Å². The zero-order chi connectivity index (χ0) is 32.4. The van der Waals surface area contributed by atoms with Crippen molar-refractivity contribution in [2.24, 2.45) is 0 Å². The van der Waals surface area contributed by atoms with Crippen molar-refractivity contribution in [3.63, 3.8) is 0 Å². The van der Waals surface area contributed by atoms with E-state index >= 15 is 0 Å². The van der Waals surface area contributed by atoms with Crippen LogP contribution in [0.3, 0.4) is 0 Å². The third-order valence-electron chi connectivity index (χ3n) is 9.24. The lowest BCUT2D eigenvalue weighted by Crippen LogP contribution is -2.26. The van der Waals surface area contributed by atoms with Gasteiger partial charge in [-0.2, -0.15) is 0 Å². The van der Waals surface area contributed by atoms with E-state index < -0.39 is 10.7 Å². The first-order valence-corrected chi connectivity index (χ1v) is 19.8. The van der Waals surface area contributed by atoms with Crippen LogP contribution in [0.15, 0.2) is 109 Å². The number of thioether (sulfide) groups is 1. The minimum atomic E-state index is -1.39. The average molecular weight is 677 g/mol. The van der Waals surface area contributed by atoms with E-state index in [2.05, 4.69) is 97.1 Å². The highest BCUT2D eigenvalue weighted by atomic mass is 33.1. The normalized spacial score (nSPS) is 21.7. The summed E-state index contributed by atoms with van der Waals surface area (Å²) in [7, 11) is 3.65. The fourth-order valence-corrected chi connectivity index (χ4v) is 9.84. The van der Waals surface area contributed by atoms with Crippen LogP contribution in [0.4, 0.5) is 0 Å². The number of hydrogen-bond donors (Lipinski definition) is 2. The molecule has 6 aromatic carbocycles. The first-order chi connectivity index (χ1) is 22.8. The van der Waals surface area contributed by atoms with Crippen LogP contribution in [0.25, 0.3) is 32.3 Å². The van der Waals surface area contributed by atoms with Gasteiger partial charge in [0.2, 0.25) is 0 Å². The highest BCUT2D eigenvalue weighted by Gasteiger charge is 2.28. The van der Waals surface area contributed by atoms with Crippen molar-refractivity contribution >= 4 is 65.7 Å². The van der Waals surface area contributed by atoms with Crippen LogP contribution in [0.5, 0.6) is 0 Å². The summed E-state index contributed by atoms with van der Waals surface area (Å²) in [6.45, 7) is 4.19. The molecule has 47 heavy (non-hydrogen) atoms. The molecule has 6 aromatic rings. The van der Waals surface area contributed by atoms with E-state index in [-0.39, 0.29) is 0 Å². The fourth-order valence-electron chi connectivity index (χ4n) is 6.72. The van der Waals surface area contributed by atoms with E-state index in [0.717, 1.165) is 63.4 Å². The van der Waals surface area contributed by atoms with E-state index in [1.54, 1.807) is 18.7 Å². The van der Waals surface area contributed by atoms with Crippen LogP contribution in [-0.4, -0.2) is 16.8 Å². The summed E-state index contributed by atoms with van der Waals surface area (Å²) in [6, 6.07) is 38.6. The van der Waals surface area contributed by atoms with E-state index in [1.807, 2.05) is 40.6 Å². The molecule has 0 radical (unpaired) electrons. The summed E-state index contributed by atoms with van der Waals surface area (Å²) in [4.78, 5) is -1.05. The molecule has 6 heteroatoms. The summed E-state index contributed by atoms with van der Waals surface area (Å²) >= 11 is 1.58. The molecular formula is C41H40O3S3. The van der Waals surface area contributed by atoms with E-state index in [4.69, 9.17) is 4.74 Å². The first-order valence-electron chi connectivity index (χ1n) is 16.3. The molecular weight excluding hydrogens is 637 g/mol. The number of fused-ring (bicyclic) bond motifs is 5. The van der Waals surface area contributed by atoms with Crippen molar-refractivity contribution < 1.29 is 14.9 Å². The number of aliphatic hydroxyl groups is 2. The Morgan fingerprint density at radius 1 is 0.574 bits per heavy atom. The second kappa shape index (κ2) is 13.9. The molecule has 2 atom stereocenters. The molecule has 0 aromatic heterocycles. The second-order valence-electron chi connectivity index (χ2n) is 12.7. The average Bonchev–Trinajstić information content (AvgIpc) is 3.08. The quantitative estimate of drug-likeness (QED) is 0.156. The summed E-state index contributed by atoms with van der Waals surface area (Å²) < 4.78 is 6.22. The van der Waals surface area contributed by atoms with Crippen LogP contribution >= 0.6 is 33.3 Å². The van der Waals surface area contributed by atoms with Gasteiger partial charge in [0.15, 0.2) is 5.79 Å². The zero-order valence-electron chi connectivity index (χ0n) is 26.9. The Hall–Kier alpha value is -2.97. The van der Waals surface area contributed by atoms with E-state index in [1.165, 1.54) is 33.0 Å². The highest BCUT2D eigenvalue weighted by Crippen LogP contribution is 2.41. The van der Waals surface area contributed by atoms with Crippen LogP contribution in [-0.2, 0) is 39.1 Å².